The third-order valence-corrected chi connectivity index (χ3v) is 4.78. The zero-order chi connectivity index (χ0) is 16.2. The Balaban J connectivity index is 0.00000208. The molecule has 0 saturated heterocycles. The van der Waals surface area contributed by atoms with E-state index in [2.05, 4.69) is 51.2 Å². The molecule has 0 aromatic carbocycles. The van der Waals surface area contributed by atoms with Gasteiger partial charge >= 0.3 is 0 Å². The Hall–Kier alpha value is -0.860. The number of aliphatic imine (C=N–C) groups is 1. The van der Waals surface area contributed by atoms with E-state index in [1.165, 1.54) is 19.3 Å². The average molecular weight is 446 g/mol. The lowest BCUT2D eigenvalue weighted by Crippen LogP contribution is -2.48. The Morgan fingerprint density at radius 1 is 1.29 bits per heavy atom. The van der Waals surface area contributed by atoms with Gasteiger partial charge in [-0.05, 0) is 32.1 Å². The molecular weight excluding hydrogens is 415 g/mol. The van der Waals surface area contributed by atoms with Crippen molar-refractivity contribution < 1.29 is 0 Å². The Morgan fingerprint density at radius 3 is 2.83 bits per heavy atom. The van der Waals surface area contributed by atoms with Gasteiger partial charge in [0.2, 0.25) is 0 Å². The number of hydrogen-bond acceptors (Lipinski definition) is 3. The summed E-state index contributed by atoms with van der Waals surface area (Å²) in [5, 5.41) is 11.8. The summed E-state index contributed by atoms with van der Waals surface area (Å²) in [5.41, 5.74) is 0. The molecule has 1 aromatic rings. The van der Waals surface area contributed by atoms with Crippen LogP contribution in [0, 0.1) is 5.92 Å². The van der Waals surface area contributed by atoms with Crippen LogP contribution in [0.15, 0.2) is 4.99 Å². The van der Waals surface area contributed by atoms with E-state index >= 15 is 0 Å². The summed E-state index contributed by atoms with van der Waals surface area (Å²) in [6, 6.07) is 1.00. The van der Waals surface area contributed by atoms with Crippen molar-refractivity contribution in [3.05, 3.63) is 11.6 Å². The van der Waals surface area contributed by atoms with Crippen LogP contribution in [-0.2, 0) is 19.4 Å². The molecule has 1 fully saturated rings. The van der Waals surface area contributed by atoms with Crippen molar-refractivity contribution in [2.75, 3.05) is 6.54 Å². The fraction of sp³-hybridized carbons (Fsp3) is 0.824. The van der Waals surface area contributed by atoms with Crippen LogP contribution in [0.25, 0.3) is 0 Å². The van der Waals surface area contributed by atoms with Gasteiger partial charge in [0.15, 0.2) is 11.8 Å². The van der Waals surface area contributed by atoms with Gasteiger partial charge in [0.05, 0.1) is 6.54 Å². The molecule has 0 amide bonds. The Morgan fingerprint density at radius 2 is 2.12 bits per heavy atom. The summed E-state index contributed by atoms with van der Waals surface area (Å²) in [6.45, 7) is 8.15. The standard InChI is InChI=1S/C17H30N6.HI/c1-4-7-12-10-14(12)20-17(18-6-3)19-13-8-9-16-21-15(5-2)22-23(16)11-13;/h12-14H,4-11H2,1-3H3,(H2,18,19,20);1H. The molecule has 3 rings (SSSR count). The number of aryl methyl sites for hydroxylation is 2. The van der Waals surface area contributed by atoms with Crippen LogP contribution in [0.5, 0.6) is 0 Å². The predicted molar refractivity (Wildman–Crippen MR) is 108 cm³/mol. The fourth-order valence-electron chi connectivity index (χ4n) is 3.40. The zero-order valence-corrected chi connectivity index (χ0v) is 17.4. The Kier molecular flexibility index (Phi) is 7.31. The Labute approximate surface area is 162 Å². The van der Waals surface area contributed by atoms with Crippen molar-refractivity contribution in [3.8, 4) is 0 Å². The van der Waals surface area contributed by atoms with Crippen molar-refractivity contribution in [1.29, 1.82) is 0 Å². The lowest BCUT2D eigenvalue weighted by molar-refractivity contribution is 0.391. The maximum Gasteiger partial charge on any atom is 0.191 e. The number of nitrogens with zero attached hydrogens (tertiary/aromatic N) is 4. The monoisotopic (exact) mass is 446 g/mol. The maximum absolute atomic E-state index is 4.62. The molecule has 2 aliphatic rings. The fourth-order valence-corrected chi connectivity index (χ4v) is 3.40. The predicted octanol–water partition coefficient (Wildman–Crippen LogP) is 2.52. The van der Waals surface area contributed by atoms with Gasteiger partial charge in [-0.2, -0.15) is 5.10 Å². The number of nitrogens with one attached hydrogen (secondary N) is 2. The van der Waals surface area contributed by atoms with Crippen molar-refractivity contribution in [2.24, 2.45) is 10.9 Å². The molecule has 1 aliphatic carbocycles. The molecule has 24 heavy (non-hydrogen) atoms. The lowest BCUT2D eigenvalue weighted by atomic mass is 10.1. The molecule has 1 saturated carbocycles. The van der Waals surface area contributed by atoms with Gasteiger partial charge in [-0.1, -0.05) is 20.3 Å². The van der Waals surface area contributed by atoms with Gasteiger partial charge in [-0.3, -0.25) is 4.99 Å². The third-order valence-electron chi connectivity index (χ3n) is 4.78. The average Bonchev–Trinajstić information content (AvgIpc) is 3.12. The van der Waals surface area contributed by atoms with E-state index in [1.54, 1.807) is 0 Å². The topological polar surface area (TPSA) is 67.1 Å². The second-order valence-corrected chi connectivity index (χ2v) is 6.72. The first-order chi connectivity index (χ1) is 11.2. The highest BCUT2D eigenvalue weighted by Gasteiger charge is 2.37. The largest absolute Gasteiger partial charge is 0.353 e. The molecule has 0 bridgehead atoms. The molecule has 136 valence electrons. The minimum Gasteiger partial charge on any atom is -0.353 e. The molecule has 2 heterocycles. The molecule has 1 aromatic heterocycles. The van der Waals surface area contributed by atoms with Crippen LogP contribution in [0.1, 0.15) is 58.1 Å². The first kappa shape index (κ1) is 19.5. The summed E-state index contributed by atoms with van der Waals surface area (Å²) in [4.78, 5) is 9.21. The van der Waals surface area contributed by atoms with E-state index in [-0.39, 0.29) is 24.0 Å². The van der Waals surface area contributed by atoms with Crippen molar-refractivity contribution in [3.63, 3.8) is 0 Å². The van der Waals surface area contributed by atoms with Gasteiger partial charge in [-0.25, -0.2) is 9.67 Å². The van der Waals surface area contributed by atoms with E-state index in [1.807, 2.05) is 0 Å². The highest BCUT2D eigenvalue weighted by atomic mass is 127. The van der Waals surface area contributed by atoms with Crippen molar-refractivity contribution >= 4 is 29.9 Å². The quantitative estimate of drug-likeness (QED) is 0.401. The van der Waals surface area contributed by atoms with Crippen LogP contribution in [-0.4, -0.2) is 39.4 Å². The highest BCUT2D eigenvalue weighted by Crippen LogP contribution is 2.34. The second-order valence-electron chi connectivity index (χ2n) is 6.72. The third kappa shape index (κ3) is 4.83. The van der Waals surface area contributed by atoms with Gasteiger partial charge < -0.3 is 10.6 Å². The number of aromatic nitrogens is 3. The molecule has 6 nitrogen and oxygen atoms in total. The smallest absolute Gasteiger partial charge is 0.191 e. The van der Waals surface area contributed by atoms with Crippen LogP contribution in [0.2, 0.25) is 0 Å². The molecule has 1 aliphatic heterocycles. The number of guanidine groups is 1. The number of halogens is 1. The van der Waals surface area contributed by atoms with Gasteiger partial charge in [-0.15, -0.1) is 24.0 Å². The molecule has 2 N–H and O–H groups in total. The lowest BCUT2D eigenvalue weighted by Gasteiger charge is -2.25. The van der Waals surface area contributed by atoms with Gasteiger partial charge in [0, 0.05) is 31.5 Å². The van der Waals surface area contributed by atoms with E-state index in [0.29, 0.717) is 12.1 Å². The van der Waals surface area contributed by atoms with Crippen LogP contribution in [0.3, 0.4) is 0 Å². The molecule has 3 atom stereocenters. The van der Waals surface area contributed by atoms with E-state index in [9.17, 15) is 0 Å². The molecule has 3 unspecified atom stereocenters. The second kappa shape index (κ2) is 9.01. The van der Waals surface area contributed by atoms with E-state index in [4.69, 9.17) is 0 Å². The Bertz CT molecular complexity index is 555. The zero-order valence-electron chi connectivity index (χ0n) is 15.1. The summed E-state index contributed by atoms with van der Waals surface area (Å²) < 4.78 is 2.07. The normalized spacial score (nSPS) is 25.6. The molecule has 0 spiro atoms. The first-order valence-corrected chi connectivity index (χ1v) is 9.23. The van der Waals surface area contributed by atoms with Crippen molar-refractivity contribution in [1.82, 2.24) is 25.4 Å². The minimum absolute atomic E-state index is 0. The summed E-state index contributed by atoms with van der Waals surface area (Å²) in [5.74, 6) is 3.90. The molecular formula is C17H31IN6. The van der Waals surface area contributed by atoms with Crippen LogP contribution in [0.4, 0.5) is 0 Å². The van der Waals surface area contributed by atoms with Crippen LogP contribution >= 0.6 is 24.0 Å². The first-order valence-electron chi connectivity index (χ1n) is 9.23. The number of hydrogen-bond donors (Lipinski definition) is 2. The minimum atomic E-state index is 0. The van der Waals surface area contributed by atoms with Gasteiger partial charge in [0.25, 0.3) is 0 Å². The number of rotatable bonds is 6. The summed E-state index contributed by atoms with van der Waals surface area (Å²) >= 11 is 0. The van der Waals surface area contributed by atoms with Gasteiger partial charge in [0.1, 0.15) is 5.82 Å². The van der Waals surface area contributed by atoms with E-state index in [0.717, 1.165) is 55.9 Å². The summed E-state index contributed by atoms with van der Waals surface area (Å²) in [7, 11) is 0. The number of fused-ring (bicyclic) bond motifs is 1. The van der Waals surface area contributed by atoms with Crippen molar-refractivity contribution in [2.45, 2.75) is 77.9 Å². The van der Waals surface area contributed by atoms with Crippen LogP contribution < -0.4 is 10.6 Å². The van der Waals surface area contributed by atoms with E-state index < -0.39 is 0 Å². The maximum atomic E-state index is 4.62. The molecule has 0 radical (unpaired) electrons. The SMILES string of the molecule is CCCC1CC1NC(=NCC)NC1CCc2nc(CC)nn2C1.I. The summed E-state index contributed by atoms with van der Waals surface area (Å²) in [6.07, 6.45) is 6.87. The molecule has 7 heteroatoms. The highest BCUT2D eigenvalue weighted by molar-refractivity contribution is 14.0.